The quantitative estimate of drug-likeness (QED) is 0.776. The Hall–Kier alpha value is -0.910. The molecule has 2 unspecified atom stereocenters. The molecule has 0 saturated heterocycles. The molecule has 5 heteroatoms. The van der Waals surface area contributed by atoms with Crippen LogP contribution in [0.15, 0.2) is 29.2 Å². The van der Waals surface area contributed by atoms with Gasteiger partial charge in [-0.05, 0) is 44.0 Å². The summed E-state index contributed by atoms with van der Waals surface area (Å²) in [7, 11) is -1.42. The van der Waals surface area contributed by atoms with Gasteiger partial charge in [-0.15, -0.1) is 0 Å². The van der Waals surface area contributed by atoms with Crippen molar-refractivity contribution in [2.45, 2.75) is 51.0 Å². The van der Waals surface area contributed by atoms with E-state index in [2.05, 4.69) is 30.8 Å². The maximum Gasteiger partial charge on any atom is 0.240 e. The number of hydrogen-bond donors (Lipinski definition) is 2. The van der Waals surface area contributed by atoms with E-state index in [1.165, 1.54) is 5.56 Å². The van der Waals surface area contributed by atoms with E-state index in [1.54, 1.807) is 12.1 Å². The van der Waals surface area contributed by atoms with Gasteiger partial charge in [0.15, 0.2) is 0 Å². The van der Waals surface area contributed by atoms with Crippen molar-refractivity contribution < 1.29 is 8.42 Å². The zero-order chi connectivity index (χ0) is 16.0. The minimum absolute atomic E-state index is 0.333. The zero-order valence-electron chi connectivity index (χ0n) is 13.7. The van der Waals surface area contributed by atoms with Crippen LogP contribution >= 0.6 is 0 Å². The highest BCUT2D eigenvalue weighted by Crippen LogP contribution is 2.28. The van der Waals surface area contributed by atoms with Crippen LogP contribution in [0.3, 0.4) is 0 Å². The van der Waals surface area contributed by atoms with Crippen molar-refractivity contribution in [3.05, 3.63) is 29.8 Å². The summed E-state index contributed by atoms with van der Waals surface area (Å²) in [6, 6.07) is 7.60. The van der Waals surface area contributed by atoms with E-state index >= 15 is 0 Å². The molecule has 0 spiro atoms. The Balaban J connectivity index is 3.00. The molecule has 21 heavy (non-hydrogen) atoms. The van der Waals surface area contributed by atoms with E-state index in [4.69, 9.17) is 0 Å². The van der Waals surface area contributed by atoms with Gasteiger partial charge in [-0.3, -0.25) is 0 Å². The van der Waals surface area contributed by atoms with Crippen LogP contribution in [-0.4, -0.2) is 28.1 Å². The van der Waals surface area contributed by atoms with Crippen molar-refractivity contribution in [3.8, 4) is 0 Å². The lowest BCUT2D eigenvalue weighted by atomic mass is 9.83. The Morgan fingerprint density at radius 1 is 1.10 bits per heavy atom. The normalized spacial score (nSPS) is 15.1. The van der Waals surface area contributed by atoms with Crippen molar-refractivity contribution >= 4 is 10.0 Å². The number of hydrogen-bond acceptors (Lipinski definition) is 3. The summed E-state index contributed by atoms with van der Waals surface area (Å²) in [6.45, 7) is 8.93. The number of rotatable bonds is 8. The molecule has 1 rings (SSSR count). The molecular weight excluding hydrogens is 284 g/mol. The fourth-order valence-electron chi connectivity index (χ4n) is 2.62. The van der Waals surface area contributed by atoms with Gasteiger partial charge in [0.2, 0.25) is 10.0 Å². The van der Waals surface area contributed by atoms with Gasteiger partial charge in [0, 0.05) is 18.5 Å². The molecule has 0 aliphatic rings. The molecular formula is C16H28N2O2S. The lowest BCUT2D eigenvalue weighted by Gasteiger charge is -2.28. The highest BCUT2D eigenvalue weighted by Gasteiger charge is 2.22. The van der Waals surface area contributed by atoms with Crippen LogP contribution in [-0.2, 0) is 10.0 Å². The molecule has 1 aromatic carbocycles. The summed E-state index contributed by atoms with van der Waals surface area (Å²) >= 11 is 0. The van der Waals surface area contributed by atoms with Gasteiger partial charge in [0.05, 0.1) is 4.90 Å². The molecule has 0 amide bonds. The number of likely N-dealkylation sites (N-methyl/N-ethyl adjacent to an activating group) is 1. The Kier molecular flexibility index (Phi) is 6.84. The zero-order valence-corrected chi connectivity index (χ0v) is 14.5. The predicted molar refractivity (Wildman–Crippen MR) is 88.0 cm³/mol. The average Bonchev–Trinajstić information content (AvgIpc) is 2.45. The minimum Gasteiger partial charge on any atom is -0.317 e. The van der Waals surface area contributed by atoms with Gasteiger partial charge in [-0.25, -0.2) is 13.1 Å². The minimum atomic E-state index is -3.38. The summed E-state index contributed by atoms with van der Waals surface area (Å²) < 4.78 is 26.7. The van der Waals surface area contributed by atoms with Crippen LogP contribution in [0.4, 0.5) is 0 Å². The van der Waals surface area contributed by atoms with Crippen LogP contribution in [0.1, 0.15) is 45.6 Å². The maximum absolute atomic E-state index is 12.1. The van der Waals surface area contributed by atoms with Crippen molar-refractivity contribution in [1.29, 1.82) is 0 Å². The van der Waals surface area contributed by atoms with Crippen LogP contribution in [0.2, 0.25) is 0 Å². The largest absolute Gasteiger partial charge is 0.317 e. The second kappa shape index (κ2) is 7.92. The Morgan fingerprint density at radius 3 is 2.10 bits per heavy atom. The summed E-state index contributed by atoms with van der Waals surface area (Å²) in [5, 5.41) is 3.29. The molecule has 120 valence electrons. The molecule has 0 fully saturated rings. The maximum atomic E-state index is 12.1. The Labute approximate surface area is 129 Å². The molecule has 0 bridgehead atoms. The third-order valence-electron chi connectivity index (χ3n) is 3.83. The number of nitrogens with one attached hydrogen (secondary N) is 2. The van der Waals surface area contributed by atoms with E-state index in [0.29, 0.717) is 29.3 Å². The third-order valence-corrected chi connectivity index (χ3v) is 5.31. The lowest BCUT2D eigenvalue weighted by molar-refractivity contribution is 0.395. The fraction of sp³-hybridized carbons (Fsp3) is 0.625. The molecule has 0 aromatic heterocycles. The van der Waals surface area contributed by atoms with Crippen LogP contribution in [0.25, 0.3) is 0 Å². The van der Waals surface area contributed by atoms with Gasteiger partial charge in [-0.2, -0.15) is 0 Å². The Bertz CT molecular complexity index is 524. The van der Waals surface area contributed by atoms with E-state index in [0.717, 1.165) is 6.42 Å². The van der Waals surface area contributed by atoms with Crippen molar-refractivity contribution in [1.82, 2.24) is 10.0 Å². The first-order chi connectivity index (χ1) is 9.83. The molecule has 0 aliphatic carbocycles. The average molecular weight is 312 g/mol. The molecule has 0 radical (unpaired) electrons. The van der Waals surface area contributed by atoms with Gasteiger partial charge in [0.25, 0.3) is 0 Å². The molecule has 2 atom stereocenters. The summed E-state index contributed by atoms with van der Waals surface area (Å²) in [6.07, 6.45) is 0.784. The molecule has 0 saturated carbocycles. The third kappa shape index (κ3) is 4.80. The Morgan fingerprint density at radius 2 is 1.67 bits per heavy atom. The van der Waals surface area contributed by atoms with Crippen LogP contribution < -0.4 is 10.0 Å². The predicted octanol–water partition coefficient (Wildman–Crippen LogP) is 2.72. The first kappa shape index (κ1) is 18.1. The molecule has 1 aromatic rings. The highest BCUT2D eigenvalue weighted by molar-refractivity contribution is 7.89. The number of sulfonamides is 1. The van der Waals surface area contributed by atoms with E-state index < -0.39 is 10.0 Å². The van der Waals surface area contributed by atoms with E-state index in [9.17, 15) is 8.42 Å². The van der Waals surface area contributed by atoms with Crippen molar-refractivity contribution in [3.63, 3.8) is 0 Å². The molecule has 0 heterocycles. The van der Waals surface area contributed by atoms with Crippen molar-refractivity contribution in [2.24, 2.45) is 5.92 Å². The summed E-state index contributed by atoms with van der Waals surface area (Å²) in [5.74, 6) is 0.837. The van der Waals surface area contributed by atoms with Gasteiger partial charge < -0.3 is 5.32 Å². The van der Waals surface area contributed by atoms with E-state index in [1.807, 2.05) is 26.1 Å². The standard InChI is InChI=1S/C16H28N2O2S/c1-6-11-18-21(19,20)15-9-7-14(8-10-15)16(12(2)3)13(4)17-5/h7-10,12-13,16-18H,6,11H2,1-5H3. The molecule has 2 N–H and O–H groups in total. The summed E-state index contributed by atoms with van der Waals surface area (Å²) in [4.78, 5) is 0.333. The second-order valence-corrected chi connectivity index (χ2v) is 7.58. The first-order valence-corrected chi connectivity index (χ1v) is 9.08. The lowest BCUT2D eigenvalue weighted by Crippen LogP contribution is -2.32. The van der Waals surface area contributed by atoms with Crippen molar-refractivity contribution in [2.75, 3.05) is 13.6 Å². The smallest absolute Gasteiger partial charge is 0.240 e. The fourth-order valence-corrected chi connectivity index (χ4v) is 3.75. The summed E-state index contributed by atoms with van der Waals surface area (Å²) in [5.41, 5.74) is 1.17. The van der Waals surface area contributed by atoms with Gasteiger partial charge in [0.1, 0.15) is 0 Å². The SMILES string of the molecule is CCCNS(=O)(=O)c1ccc(C(C(C)C)C(C)NC)cc1. The second-order valence-electron chi connectivity index (χ2n) is 5.81. The van der Waals surface area contributed by atoms with Gasteiger partial charge >= 0.3 is 0 Å². The molecule has 0 aliphatic heterocycles. The topological polar surface area (TPSA) is 58.2 Å². The van der Waals surface area contributed by atoms with E-state index in [-0.39, 0.29) is 0 Å². The first-order valence-electron chi connectivity index (χ1n) is 7.60. The number of benzene rings is 1. The van der Waals surface area contributed by atoms with Gasteiger partial charge in [-0.1, -0.05) is 32.9 Å². The monoisotopic (exact) mass is 312 g/mol. The molecule has 4 nitrogen and oxygen atoms in total. The van der Waals surface area contributed by atoms with Crippen LogP contribution in [0, 0.1) is 5.92 Å². The van der Waals surface area contributed by atoms with Crippen LogP contribution in [0.5, 0.6) is 0 Å². The highest BCUT2D eigenvalue weighted by atomic mass is 32.2.